The van der Waals surface area contributed by atoms with Gasteiger partial charge in [-0.2, -0.15) is 0 Å². The van der Waals surface area contributed by atoms with Crippen LogP contribution in [0.5, 0.6) is 0 Å². The van der Waals surface area contributed by atoms with Crippen LogP contribution in [0, 0.1) is 11.3 Å². The third kappa shape index (κ3) is 2.42. The van der Waals surface area contributed by atoms with Gasteiger partial charge in [0.05, 0.1) is 5.41 Å². The SMILES string of the molecule is CCC(C)(CN)C(=O)N1CCCC1C1CCCC1. The number of carbonyl (C=O) groups is 1. The molecule has 0 aromatic heterocycles. The molecule has 2 atom stereocenters. The summed E-state index contributed by atoms with van der Waals surface area (Å²) in [6.45, 7) is 5.52. The summed E-state index contributed by atoms with van der Waals surface area (Å²) < 4.78 is 0. The fraction of sp³-hybridized carbons (Fsp3) is 0.933. The summed E-state index contributed by atoms with van der Waals surface area (Å²) in [6.07, 6.45) is 8.57. The molecule has 3 nitrogen and oxygen atoms in total. The van der Waals surface area contributed by atoms with Crippen LogP contribution in [0.25, 0.3) is 0 Å². The summed E-state index contributed by atoms with van der Waals surface area (Å²) in [5, 5.41) is 0. The van der Waals surface area contributed by atoms with E-state index in [1.807, 2.05) is 6.92 Å². The molecule has 2 unspecified atom stereocenters. The topological polar surface area (TPSA) is 46.3 Å². The minimum absolute atomic E-state index is 0.307. The van der Waals surface area contributed by atoms with Gasteiger partial charge in [0.1, 0.15) is 0 Å². The highest BCUT2D eigenvalue weighted by molar-refractivity contribution is 5.83. The van der Waals surface area contributed by atoms with Crippen LogP contribution in [0.15, 0.2) is 0 Å². The van der Waals surface area contributed by atoms with Crippen molar-refractivity contribution >= 4 is 5.91 Å². The predicted molar refractivity (Wildman–Crippen MR) is 74.1 cm³/mol. The van der Waals surface area contributed by atoms with Crippen LogP contribution >= 0.6 is 0 Å². The van der Waals surface area contributed by atoms with Crippen molar-refractivity contribution in [3.05, 3.63) is 0 Å². The minimum atomic E-state index is -0.346. The van der Waals surface area contributed by atoms with Crippen molar-refractivity contribution in [2.75, 3.05) is 13.1 Å². The molecule has 0 radical (unpaired) electrons. The average molecular weight is 252 g/mol. The second kappa shape index (κ2) is 5.60. The Balaban J connectivity index is 2.08. The number of likely N-dealkylation sites (tertiary alicyclic amines) is 1. The number of rotatable bonds is 4. The summed E-state index contributed by atoms with van der Waals surface area (Å²) >= 11 is 0. The molecule has 2 fully saturated rings. The zero-order valence-corrected chi connectivity index (χ0v) is 12.0. The monoisotopic (exact) mass is 252 g/mol. The summed E-state index contributed by atoms with van der Waals surface area (Å²) in [4.78, 5) is 14.9. The van der Waals surface area contributed by atoms with Crippen molar-refractivity contribution in [2.45, 2.75) is 64.8 Å². The smallest absolute Gasteiger partial charge is 0.230 e. The Hall–Kier alpha value is -0.570. The van der Waals surface area contributed by atoms with Crippen LogP contribution in [0.4, 0.5) is 0 Å². The van der Waals surface area contributed by atoms with Crippen molar-refractivity contribution in [2.24, 2.45) is 17.1 Å². The van der Waals surface area contributed by atoms with Gasteiger partial charge < -0.3 is 10.6 Å². The largest absolute Gasteiger partial charge is 0.339 e. The number of carbonyl (C=O) groups excluding carboxylic acids is 1. The Kier molecular flexibility index (Phi) is 4.31. The normalized spacial score (nSPS) is 28.6. The first-order valence-corrected chi connectivity index (χ1v) is 7.63. The quantitative estimate of drug-likeness (QED) is 0.835. The predicted octanol–water partition coefficient (Wildman–Crippen LogP) is 2.54. The number of nitrogens with two attached hydrogens (primary N) is 1. The summed E-state index contributed by atoms with van der Waals surface area (Å²) in [5.74, 6) is 1.07. The van der Waals surface area contributed by atoms with Crippen molar-refractivity contribution in [3.8, 4) is 0 Å². The van der Waals surface area contributed by atoms with Gasteiger partial charge in [0, 0.05) is 19.1 Å². The fourth-order valence-corrected chi connectivity index (χ4v) is 3.61. The lowest BCUT2D eigenvalue weighted by Crippen LogP contribution is -2.49. The third-order valence-electron chi connectivity index (χ3n) is 5.25. The van der Waals surface area contributed by atoms with Crippen molar-refractivity contribution in [3.63, 3.8) is 0 Å². The molecular formula is C15H28N2O. The van der Waals surface area contributed by atoms with Gasteiger partial charge in [-0.05, 0) is 44.9 Å². The number of hydrogen-bond acceptors (Lipinski definition) is 2. The maximum Gasteiger partial charge on any atom is 0.230 e. The molecule has 0 aromatic rings. The summed E-state index contributed by atoms with van der Waals surface area (Å²) in [5.41, 5.74) is 5.49. The molecule has 3 heteroatoms. The second-order valence-corrected chi connectivity index (χ2v) is 6.37. The van der Waals surface area contributed by atoms with E-state index in [1.165, 1.54) is 38.5 Å². The van der Waals surface area contributed by atoms with Crippen LogP contribution in [0.1, 0.15) is 58.8 Å². The lowest BCUT2D eigenvalue weighted by molar-refractivity contribution is -0.142. The maximum absolute atomic E-state index is 12.7. The first-order valence-electron chi connectivity index (χ1n) is 7.63. The van der Waals surface area contributed by atoms with E-state index in [0.29, 0.717) is 18.5 Å². The summed E-state index contributed by atoms with van der Waals surface area (Å²) in [7, 11) is 0. The zero-order chi connectivity index (χ0) is 13.2. The molecule has 1 aliphatic carbocycles. The number of hydrogen-bond donors (Lipinski definition) is 1. The van der Waals surface area contributed by atoms with Gasteiger partial charge in [-0.1, -0.05) is 19.8 Å². The highest BCUT2D eigenvalue weighted by Crippen LogP contribution is 2.37. The third-order valence-corrected chi connectivity index (χ3v) is 5.25. The fourth-order valence-electron chi connectivity index (χ4n) is 3.61. The molecule has 1 saturated heterocycles. The van der Waals surface area contributed by atoms with Crippen molar-refractivity contribution in [1.82, 2.24) is 4.90 Å². The van der Waals surface area contributed by atoms with Crippen LogP contribution in [-0.2, 0) is 4.79 Å². The highest BCUT2D eigenvalue weighted by atomic mass is 16.2. The molecule has 18 heavy (non-hydrogen) atoms. The first-order chi connectivity index (χ1) is 8.62. The van der Waals surface area contributed by atoms with E-state index in [9.17, 15) is 4.79 Å². The molecule has 1 amide bonds. The van der Waals surface area contributed by atoms with E-state index in [4.69, 9.17) is 5.73 Å². The molecule has 2 aliphatic rings. The Morgan fingerprint density at radius 2 is 1.94 bits per heavy atom. The van der Waals surface area contributed by atoms with Crippen LogP contribution in [-0.4, -0.2) is 29.9 Å². The summed E-state index contributed by atoms with van der Waals surface area (Å²) in [6, 6.07) is 0.512. The van der Waals surface area contributed by atoms with E-state index < -0.39 is 0 Å². The van der Waals surface area contributed by atoms with E-state index in [2.05, 4.69) is 11.8 Å². The molecule has 0 bridgehead atoms. The van der Waals surface area contributed by atoms with Crippen LogP contribution in [0.2, 0.25) is 0 Å². The minimum Gasteiger partial charge on any atom is -0.339 e. The van der Waals surface area contributed by atoms with Crippen molar-refractivity contribution < 1.29 is 4.79 Å². The number of nitrogens with zero attached hydrogens (tertiary/aromatic N) is 1. The maximum atomic E-state index is 12.7. The molecule has 1 aliphatic heterocycles. The Morgan fingerprint density at radius 3 is 2.50 bits per heavy atom. The van der Waals surface area contributed by atoms with Gasteiger partial charge in [0.2, 0.25) is 5.91 Å². The molecule has 104 valence electrons. The Bertz CT molecular complexity index is 293. The average Bonchev–Trinajstić information content (AvgIpc) is 3.06. The standard InChI is InChI=1S/C15H28N2O/c1-3-15(2,11-16)14(18)17-10-6-9-13(17)12-7-4-5-8-12/h12-13H,3-11,16H2,1-2H3. The van der Waals surface area contributed by atoms with Gasteiger partial charge in [-0.25, -0.2) is 0 Å². The Labute approximate surface area is 111 Å². The van der Waals surface area contributed by atoms with E-state index >= 15 is 0 Å². The number of amides is 1. The molecule has 0 spiro atoms. The van der Waals surface area contributed by atoms with E-state index in [-0.39, 0.29) is 5.41 Å². The van der Waals surface area contributed by atoms with E-state index in [0.717, 1.165) is 18.9 Å². The zero-order valence-electron chi connectivity index (χ0n) is 12.0. The van der Waals surface area contributed by atoms with Crippen molar-refractivity contribution in [1.29, 1.82) is 0 Å². The molecule has 0 aromatic carbocycles. The molecule has 1 heterocycles. The van der Waals surface area contributed by atoms with Gasteiger partial charge in [-0.3, -0.25) is 4.79 Å². The van der Waals surface area contributed by atoms with Crippen LogP contribution in [0.3, 0.4) is 0 Å². The van der Waals surface area contributed by atoms with E-state index in [1.54, 1.807) is 0 Å². The highest BCUT2D eigenvalue weighted by Gasteiger charge is 2.41. The second-order valence-electron chi connectivity index (χ2n) is 6.37. The molecular weight excluding hydrogens is 224 g/mol. The Morgan fingerprint density at radius 1 is 1.28 bits per heavy atom. The molecule has 2 N–H and O–H groups in total. The lowest BCUT2D eigenvalue weighted by atomic mass is 9.85. The van der Waals surface area contributed by atoms with Crippen LogP contribution < -0.4 is 5.73 Å². The van der Waals surface area contributed by atoms with Gasteiger partial charge >= 0.3 is 0 Å². The molecule has 2 rings (SSSR count). The van der Waals surface area contributed by atoms with Gasteiger partial charge in [-0.15, -0.1) is 0 Å². The first kappa shape index (κ1) is 13.9. The van der Waals surface area contributed by atoms with Gasteiger partial charge in [0.25, 0.3) is 0 Å². The molecule has 1 saturated carbocycles. The van der Waals surface area contributed by atoms with Gasteiger partial charge in [0.15, 0.2) is 0 Å². The lowest BCUT2D eigenvalue weighted by Gasteiger charge is -2.36.